The van der Waals surface area contributed by atoms with Crippen LogP contribution >= 0.6 is 11.3 Å². The molecular weight excluding hydrogens is 358 g/mol. The van der Waals surface area contributed by atoms with Crippen molar-refractivity contribution in [2.24, 2.45) is 0 Å². The third-order valence-corrected chi connectivity index (χ3v) is 5.75. The third kappa shape index (κ3) is 3.71. The highest BCUT2D eigenvalue weighted by Crippen LogP contribution is 2.34. The highest BCUT2D eigenvalue weighted by atomic mass is 32.1. The van der Waals surface area contributed by atoms with Gasteiger partial charge in [0.05, 0.1) is 24.8 Å². The Hall–Kier alpha value is -2.73. The van der Waals surface area contributed by atoms with Gasteiger partial charge >= 0.3 is 0 Å². The summed E-state index contributed by atoms with van der Waals surface area (Å²) < 4.78 is 10.6. The van der Waals surface area contributed by atoms with E-state index in [1.165, 1.54) is 16.3 Å². The molecule has 2 aromatic heterocycles. The molecule has 0 bridgehead atoms. The lowest BCUT2D eigenvalue weighted by molar-refractivity contribution is 0.398. The molecule has 6 heteroatoms. The third-order valence-electron chi connectivity index (χ3n) is 4.87. The van der Waals surface area contributed by atoms with Gasteiger partial charge in [-0.3, -0.25) is 0 Å². The topological polar surface area (TPSA) is 37.8 Å². The standard InChI is InChI=1S/C21H23N3O2S/c1-25-17-7-5-16(6-8-17)23-11-13-24(14-12-23)18-9-10-20(26-2)22-21(18)19-4-3-15-27-19/h3-10,15H,11-14H2,1-2H3. The van der Waals surface area contributed by atoms with Crippen molar-refractivity contribution in [1.29, 1.82) is 0 Å². The molecule has 0 radical (unpaired) electrons. The number of pyridine rings is 1. The minimum absolute atomic E-state index is 0.652. The first-order valence-electron chi connectivity index (χ1n) is 9.01. The molecule has 0 amide bonds. The summed E-state index contributed by atoms with van der Waals surface area (Å²) in [5.74, 6) is 1.54. The molecule has 0 atom stereocenters. The van der Waals surface area contributed by atoms with Crippen molar-refractivity contribution in [3.8, 4) is 22.2 Å². The van der Waals surface area contributed by atoms with E-state index in [1.54, 1.807) is 25.6 Å². The average molecular weight is 382 g/mol. The maximum absolute atomic E-state index is 5.35. The van der Waals surface area contributed by atoms with Crippen LogP contribution in [0.1, 0.15) is 0 Å². The summed E-state index contributed by atoms with van der Waals surface area (Å²) in [6, 6.07) is 16.5. The molecule has 4 rings (SSSR count). The summed E-state index contributed by atoms with van der Waals surface area (Å²) >= 11 is 1.71. The van der Waals surface area contributed by atoms with Crippen LogP contribution in [0.3, 0.4) is 0 Å². The predicted octanol–water partition coefficient (Wildman–Crippen LogP) is 4.15. The quantitative estimate of drug-likeness (QED) is 0.664. The van der Waals surface area contributed by atoms with Crippen molar-refractivity contribution < 1.29 is 9.47 Å². The molecule has 3 aromatic rings. The van der Waals surface area contributed by atoms with E-state index in [0.717, 1.165) is 37.6 Å². The van der Waals surface area contributed by atoms with Crippen LogP contribution in [0.5, 0.6) is 11.6 Å². The molecule has 0 aliphatic carbocycles. The predicted molar refractivity (Wildman–Crippen MR) is 112 cm³/mol. The number of benzene rings is 1. The number of nitrogens with zero attached hydrogens (tertiary/aromatic N) is 3. The second-order valence-corrected chi connectivity index (χ2v) is 7.32. The van der Waals surface area contributed by atoms with Crippen LogP contribution in [-0.2, 0) is 0 Å². The van der Waals surface area contributed by atoms with Gasteiger partial charge in [0.15, 0.2) is 0 Å². The molecule has 1 aliphatic heterocycles. The summed E-state index contributed by atoms with van der Waals surface area (Å²) in [5, 5.41) is 2.09. The van der Waals surface area contributed by atoms with Gasteiger partial charge in [-0.25, -0.2) is 4.98 Å². The fraction of sp³-hybridized carbons (Fsp3) is 0.286. The van der Waals surface area contributed by atoms with Gasteiger partial charge in [-0.2, -0.15) is 0 Å². The van der Waals surface area contributed by atoms with Crippen molar-refractivity contribution in [1.82, 2.24) is 4.98 Å². The number of hydrogen-bond acceptors (Lipinski definition) is 6. The molecule has 0 N–H and O–H groups in total. The molecule has 1 aromatic carbocycles. The smallest absolute Gasteiger partial charge is 0.213 e. The average Bonchev–Trinajstić information content (AvgIpc) is 3.28. The molecule has 27 heavy (non-hydrogen) atoms. The Kier molecular flexibility index (Phi) is 5.16. The Morgan fingerprint density at radius 2 is 1.59 bits per heavy atom. The van der Waals surface area contributed by atoms with E-state index >= 15 is 0 Å². The van der Waals surface area contributed by atoms with E-state index in [2.05, 4.69) is 45.5 Å². The first-order valence-corrected chi connectivity index (χ1v) is 9.89. The van der Waals surface area contributed by atoms with Gasteiger partial charge in [0.25, 0.3) is 0 Å². The fourth-order valence-corrected chi connectivity index (χ4v) is 4.12. The summed E-state index contributed by atoms with van der Waals surface area (Å²) in [6.45, 7) is 3.86. The summed E-state index contributed by atoms with van der Waals surface area (Å²) in [7, 11) is 3.36. The van der Waals surface area contributed by atoms with Crippen molar-refractivity contribution in [2.75, 3.05) is 50.2 Å². The molecule has 1 saturated heterocycles. The first-order chi connectivity index (χ1) is 13.3. The molecule has 1 fully saturated rings. The molecule has 0 saturated carbocycles. The maximum Gasteiger partial charge on any atom is 0.213 e. The lowest BCUT2D eigenvalue weighted by Gasteiger charge is -2.38. The van der Waals surface area contributed by atoms with Gasteiger partial charge in [-0.15, -0.1) is 11.3 Å². The second-order valence-electron chi connectivity index (χ2n) is 6.37. The second kappa shape index (κ2) is 7.88. The van der Waals surface area contributed by atoms with Crippen LogP contribution in [0, 0.1) is 0 Å². The maximum atomic E-state index is 5.35. The highest BCUT2D eigenvalue weighted by Gasteiger charge is 2.21. The highest BCUT2D eigenvalue weighted by molar-refractivity contribution is 7.13. The molecule has 1 aliphatic rings. The van der Waals surface area contributed by atoms with Gasteiger partial charge in [0, 0.05) is 37.9 Å². The zero-order valence-corrected chi connectivity index (χ0v) is 16.4. The van der Waals surface area contributed by atoms with Crippen LogP contribution in [0.2, 0.25) is 0 Å². The number of thiophene rings is 1. The number of ether oxygens (including phenoxy) is 2. The SMILES string of the molecule is COc1ccc(N2CCN(c3ccc(OC)nc3-c3cccs3)CC2)cc1. The van der Waals surface area contributed by atoms with E-state index in [-0.39, 0.29) is 0 Å². The van der Waals surface area contributed by atoms with Gasteiger partial charge in [0.1, 0.15) is 11.4 Å². The molecule has 3 heterocycles. The zero-order chi connectivity index (χ0) is 18.6. The van der Waals surface area contributed by atoms with Crippen molar-refractivity contribution in [2.45, 2.75) is 0 Å². The van der Waals surface area contributed by atoms with Crippen LogP contribution in [-0.4, -0.2) is 45.4 Å². The lowest BCUT2D eigenvalue weighted by atomic mass is 10.2. The fourth-order valence-electron chi connectivity index (χ4n) is 3.40. The van der Waals surface area contributed by atoms with E-state index in [9.17, 15) is 0 Å². The summed E-state index contributed by atoms with van der Waals surface area (Å²) in [6.07, 6.45) is 0. The van der Waals surface area contributed by atoms with Crippen LogP contribution in [0.15, 0.2) is 53.9 Å². The molecular formula is C21H23N3O2S. The lowest BCUT2D eigenvalue weighted by Crippen LogP contribution is -2.46. The largest absolute Gasteiger partial charge is 0.497 e. The minimum Gasteiger partial charge on any atom is -0.497 e. The molecule has 5 nitrogen and oxygen atoms in total. The van der Waals surface area contributed by atoms with Crippen molar-refractivity contribution >= 4 is 22.7 Å². The number of hydrogen-bond donors (Lipinski definition) is 0. The van der Waals surface area contributed by atoms with E-state index in [1.807, 2.05) is 18.2 Å². The zero-order valence-electron chi connectivity index (χ0n) is 15.6. The summed E-state index contributed by atoms with van der Waals surface area (Å²) in [5.41, 5.74) is 3.41. The Balaban J connectivity index is 1.52. The normalized spacial score (nSPS) is 14.3. The number of aromatic nitrogens is 1. The van der Waals surface area contributed by atoms with Gasteiger partial charge < -0.3 is 19.3 Å². The van der Waals surface area contributed by atoms with E-state index in [4.69, 9.17) is 14.5 Å². The van der Waals surface area contributed by atoms with E-state index < -0.39 is 0 Å². The van der Waals surface area contributed by atoms with Crippen molar-refractivity contribution in [3.05, 3.63) is 53.9 Å². The van der Waals surface area contributed by atoms with E-state index in [0.29, 0.717) is 5.88 Å². The van der Waals surface area contributed by atoms with Crippen molar-refractivity contribution in [3.63, 3.8) is 0 Å². The Morgan fingerprint density at radius 3 is 2.22 bits per heavy atom. The minimum atomic E-state index is 0.652. The molecule has 0 unspecified atom stereocenters. The molecule has 140 valence electrons. The monoisotopic (exact) mass is 381 g/mol. The molecule has 0 spiro atoms. The van der Waals surface area contributed by atoms with Crippen LogP contribution < -0.4 is 19.3 Å². The van der Waals surface area contributed by atoms with Crippen LogP contribution in [0.4, 0.5) is 11.4 Å². The van der Waals surface area contributed by atoms with Gasteiger partial charge in [-0.1, -0.05) is 6.07 Å². The summed E-state index contributed by atoms with van der Waals surface area (Å²) in [4.78, 5) is 10.7. The Bertz CT molecular complexity index is 873. The number of methoxy groups -OCH3 is 2. The Morgan fingerprint density at radius 1 is 0.852 bits per heavy atom. The number of anilines is 2. The van der Waals surface area contributed by atoms with Crippen LogP contribution in [0.25, 0.3) is 10.6 Å². The first kappa shape index (κ1) is 17.7. The number of rotatable bonds is 5. The van der Waals surface area contributed by atoms with Gasteiger partial charge in [0.2, 0.25) is 5.88 Å². The van der Waals surface area contributed by atoms with Gasteiger partial charge in [-0.05, 0) is 41.8 Å². The Labute approximate surface area is 163 Å². The number of piperazine rings is 1.